The summed E-state index contributed by atoms with van der Waals surface area (Å²) in [5.41, 5.74) is 1.94. The first-order valence-electron chi connectivity index (χ1n) is 6.96. The van der Waals surface area contributed by atoms with Crippen LogP contribution in [0.2, 0.25) is 0 Å². The number of anilines is 1. The molecule has 0 bridgehead atoms. The quantitative estimate of drug-likeness (QED) is 0.839. The van der Waals surface area contributed by atoms with Gasteiger partial charge in [-0.3, -0.25) is 4.90 Å². The number of likely N-dealkylation sites (tertiary alicyclic amines) is 1. The van der Waals surface area contributed by atoms with E-state index < -0.39 is 0 Å². The highest BCUT2D eigenvalue weighted by Gasteiger charge is 2.29. The maximum absolute atomic E-state index is 8.91. The van der Waals surface area contributed by atoms with Gasteiger partial charge in [-0.25, -0.2) is 0 Å². The van der Waals surface area contributed by atoms with E-state index in [1.807, 2.05) is 12.1 Å². The third-order valence-electron chi connectivity index (χ3n) is 4.24. The number of nitrogens with zero attached hydrogens (tertiary/aromatic N) is 3. The van der Waals surface area contributed by atoms with Crippen molar-refractivity contribution in [1.29, 1.82) is 5.26 Å². The molecule has 2 aliphatic heterocycles. The van der Waals surface area contributed by atoms with E-state index in [0.717, 1.165) is 17.6 Å². The normalized spacial score (nSPS) is 23.8. The second-order valence-electron chi connectivity index (χ2n) is 5.41. The molecule has 0 aliphatic carbocycles. The third-order valence-corrected chi connectivity index (χ3v) is 4.87. The smallest absolute Gasteiger partial charge is 0.0992 e. The van der Waals surface area contributed by atoms with Crippen LogP contribution in [0.4, 0.5) is 5.69 Å². The zero-order valence-electron chi connectivity index (χ0n) is 11.0. The predicted octanol–water partition coefficient (Wildman–Crippen LogP) is 3.00. The third kappa shape index (κ3) is 2.63. The number of hydrogen-bond acceptors (Lipinski definition) is 3. The molecule has 0 spiro atoms. The van der Waals surface area contributed by atoms with Crippen LogP contribution in [0.5, 0.6) is 0 Å². The van der Waals surface area contributed by atoms with Crippen molar-refractivity contribution in [2.24, 2.45) is 0 Å². The second-order valence-corrected chi connectivity index (χ2v) is 6.26. The van der Waals surface area contributed by atoms with Crippen LogP contribution in [-0.4, -0.2) is 37.1 Å². The van der Waals surface area contributed by atoms with Gasteiger partial charge in [-0.05, 0) is 66.5 Å². The van der Waals surface area contributed by atoms with Gasteiger partial charge in [0.05, 0.1) is 17.3 Å². The van der Waals surface area contributed by atoms with E-state index in [9.17, 15) is 0 Å². The Morgan fingerprint density at radius 3 is 2.68 bits per heavy atom. The highest BCUT2D eigenvalue weighted by molar-refractivity contribution is 9.10. The van der Waals surface area contributed by atoms with Crippen molar-refractivity contribution in [3.63, 3.8) is 0 Å². The molecule has 1 atom stereocenters. The zero-order valence-corrected chi connectivity index (χ0v) is 12.6. The van der Waals surface area contributed by atoms with Gasteiger partial charge in [0.2, 0.25) is 0 Å². The van der Waals surface area contributed by atoms with Crippen molar-refractivity contribution >= 4 is 21.6 Å². The minimum Gasteiger partial charge on any atom is -0.369 e. The zero-order chi connectivity index (χ0) is 13.2. The highest BCUT2D eigenvalue weighted by Crippen LogP contribution is 2.31. The van der Waals surface area contributed by atoms with E-state index in [2.05, 4.69) is 37.9 Å². The molecular formula is C15H18BrN3. The Balaban J connectivity index is 1.72. The summed E-state index contributed by atoms with van der Waals surface area (Å²) in [7, 11) is 0. The Labute approximate surface area is 122 Å². The first-order chi connectivity index (χ1) is 9.28. The van der Waals surface area contributed by atoms with Crippen molar-refractivity contribution < 1.29 is 0 Å². The first kappa shape index (κ1) is 13.0. The van der Waals surface area contributed by atoms with Gasteiger partial charge in [-0.1, -0.05) is 0 Å². The lowest BCUT2D eigenvalue weighted by Gasteiger charge is -2.25. The van der Waals surface area contributed by atoms with E-state index in [0.29, 0.717) is 11.6 Å². The molecule has 3 nitrogen and oxygen atoms in total. The van der Waals surface area contributed by atoms with Gasteiger partial charge in [0, 0.05) is 23.6 Å². The molecule has 2 aliphatic rings. The highest BCUT2D eigenvalue weighted by atomic mass is 79.9. The lowest BCUT2D eigenvalue weighted by Crippen LogP contribution is -2.35. The monoisotopic (exact) mass is 319 g/mol. The Morgan fingerprint density at radius 1 is 1.21 bits per heavy atom. The first-order valence-corrected chi connectivity index (χ1v) is 7.76. The molecule has 0 saturated carbocycles. The summed E-state index contributed by atoms with van der Waals surface area (Å²) in [6.07, 6.45) is 3.97. The SMILES string of the molecule is N#Cc1ccc(N2CCC(N3CCCC3)C2)c(Br)c1. The fraction of sp³-hybridized carbons (Fsp3) is 0.533. The van der Waals surface area contributed by atoms with Gasteiger partial charge >= 0.3 is 0 Å². The number of nitriles is 1. The summed E-state index contributed by atoms with van der Waals surface area (Å²) in [6.45, 7) is 4.77. The van der Waals surface area contributed by atoms with E-state index >= 15 is 0 Å². The van der Waals surface area contributed by atoms with Gasteiger partial charge in [-0.2, -0.15) is 5.26 Å². The lowest BCUT2D eigenvalue weighted by atomic mass is 10.2. The predicted molar refractivity (Wildman–Crippen MR) is 80.3 cm³/mol. The van der Waals surface area contributed by atoms with Crippen molar-refractivity contribution in [3.05, 3.63) is 28.2 Å². The molecule has 0 radical (unpaired) electrons. The molecule has 1 unspecified atom stereocenters. The van der Waals surface area contributed by atoms with E-state index in [4.69, 9.17) is 5.26 Å². The minimum absolute atomic E-state index is 0.713. The van der Waals surface area contributed by atoms with Crippen molar-refractivity contribution in [2.45, 2.75) is 25.3 Å². The summed E-state index contributed by atoms with van der Waals surface area (Å²) >= 11 is 3.60. The average molecular weight is 320 g/mol. The summed E-state index contributed by atoms with van der Waals surface area (Å²) in [4.78, 5) is 5.08. The number of rotatable bonds is 2. The minimum atomic E-state index is 0.713. The van der Waals surface area contributed by atoms with Crippen molar-refractivity contribution in [1.82, 2.24) is 4.90 Å². The van der Waals surface area contributed by atoms with Gasteiger partial charge in [0.15, 0.2) is 0 Å². The Morgan fingerprint density at radius 2 is 2.00 bits per heavy atom. The molecule has 1 aromatic rings. The van der Waals surface area contributed by atoms with Crippen LogP contribution in [0.25, 0.3) is 0 Å². The Bertz CT molecular complexity index is 503. The van der Waals surface area contributed by atoms with E-state index in [-0.39, 0.29) is 0 Å². The summed E-state index contributed by atoms with van der Waals surface area (Å²) in [6, 6.07) is 8.78. The van der Waals surface area contributed by atoms with Crippen LogP contribution < -0.4 is 4.90 Å². The molecule has 2 saturated heterocycles. The molecule has 1 aromatic carbocycles. The maximum Gasteiger partial charge on any atom is 0.0992 e. The van der Waals surface area contributed by atoms with Crippen molar-refractivity contribution in [3.8, 4) is 6.07 Å². The van der Waals surface area contributed by atoms with Crippen LogP contribution in [0.15, 0.2) is 22.7 Å². The van der Waals surface area contributed by atoms with E-state index in [1.54, 1.807) is 0 Å². The molecule has 3 rings (SSSR count). The average Bonchev–Trinajstić information content (AvgIpc) is 3.09. The van der Waals surface area contributed by atoms with Crippen LogP contribution in [-0.2, 0) is 0 Å². The standard InChI is InChI=1S/C15H18BrN3/c16-14-9-12(10-17)3-4-15(14)19-8-5-13(11-19)18-6-1-2-7-18/h3-4,9,13H,1-2,5-8,11H2. The Hall–Kier alpha value is -1.05. The molecule has 0 aromatic heterocycles. The summed E-state index contributed by atoms with van der Waals surface area (Å²) < 4.78 is 1.04. The molecule has 4 heteroatoms. The largest absolute Gasteiger partial charge is 0.369 e. The van der Waals surface area contributed by atoms with Gasteiger partial charge < -0.3 is 4.90 Å². The topological polar surface area (TPSA) is 30.3 Å². The van der Waals surface area contributed by atoms with Gasteiger partial charge in [-0.15, -0.1) is 0 Å². The molecule has 2 heterocycles. The number of halogens is 1. The fourth-order valence-corrected chi connectivity index (χ4v) is 3.83. The van der Waals surface area contributed by atoms with Crippen LogP contribution >= 0.6 is 15.9 Å². The van der Waals surface area contributed by atoms with Crippen LogP contribution in [0, 0.1) is 11.3 Å². The van der Waals surface area contributed by atoms with Crippen LogP contribution in [0.1, 0.15) is 24.8 Å². The second kappa shape index (κ2) is 5.52. The van der Waals surface area contributed by atoms with E-state index in [1.165, 1.54) is 38.0 Å². The summed E-state index contributed by atoms with van der Waals surface area (Å²) in [5.74, 6) is 0. The summed E-state index contributed by atoms with van der Waals surface area (Å²) in [5, 5.41) is 8.91. The molecule has 0 N–H and O–H groups in total. The Kier molecular flexibility index (Phi) is 3.76. The lowest BCUT2D eigenvalue weighted by molar-refractivity contribution is 0.260. The van der Waals surface area contributed by atoms with Gasteiger partial charge in [0.1, 0.15) is 0 Å². The number of benzene rings is 1. The molecular weight excluding hydrogens is 302 g/mol. The molecule has 2 fully saturated rings. The fourth-order valence-electron chi connectivity index (χ4n) is 3.20. The van der Waals surface area contributed by atoms with Gasteiger partial charge in [0.25, 0.3) is 0 Å². The maximum atomic E-state index is 8.91. The molecule has 0 amide bonds. The number of hydrogen-bond donors (Lipinski definition) is 0. The molecule has 100 valence electrons. The molecule has 19 heavy (non-hydrogen) atoms. The van der Waals surface area contributed by atoms with Crippen molar-refractivity contribution in [2.75, 3.05) is 31.1 Å². The van der Waals surface area contributed by atoms with Crippen LogP contribution in [0.3, 0.4) is 0 Å².